The van der Waals surface area contributed by atoms with Crippen LogP contribution in [0.1, 0.15) is 22.9 Å². The molecule has 0 aliphatic carbocycles. The average Bonchev–Trinajstić information content (AvgIpc) is 3.03. The Balaban J connectivity index is 2.23. The first-order valence-electron chi connectivity index (χ1n) is 6.47. The van der Waals surface area contributed by atoms with E-state index in [0.29, 0.717) is 0 Å². The maximum atomic E-state index is 2.31. The molecule has 94 valence electrons. The minimum absolute atomic E-state index is 0.0727. The number of hydrogen-bond donors (Lipinski definition) is 0. The first-order valence-corrected chi connectivity index (χ1v) is 7.35. The Morgan fingerprint density at radius 1 is 0.684 bits per heavy atom. The van der Waals surface area contributed by atoms with Crippen LogP contribution in [0.4, 0.5) is 0 Å². The quantitative estimate of drug-likeness (QED) is 0.617. The van der Waals surface area contributed by atoms with E-state index in [-0.39, 0.29) is 5.41 Å². The van der Waals surface area contributed by atoms with Crippen molar-refractivity contribution in [2.45, 2.75) is 12.3 Å². The van der Waals surface area contributed by atoms with Crippen LogP contribution < -0.4 is 0 Å². The monoisotopic (exact) mass is 264 g/mol. The SMILES string of the molecule is CC(c1ccccc1)(c1ccccc1)c1cccs1. The summed E-state index contributed by atoms with van der Waals surface area (Å²) in [6, 6.07) is 25.8. The summed E-state index contributed by atoms with van der Waals surface area (Å²) in [5.74, 6) is 0. The second kappa shape index (κ2) is 5.02. The Labute approximate surface area is 118 Å². The summed E-state index contributed by atoms with van der Waals surface area (Å²) >= 11 is 1.82. The molecule has 1 heteroatoms. The molecule has 1 aromatic heterocycles. The molecule has 0 N–H and O–H groups in total. The van der Waals surface area contributed by atoms with Crippen molar-refractivity contribution in [1.29, 1.82) is 0 Å². The van der Waals surface area contributed by atoms with Gasteiger partial charge >= 0.3 is 0 Å². The molecule has 0 saturated carbocycles. The lowest BCUT2D eigenvalue weighted by atomic mass is 9.75. The Kier molecular flexibility index (Phi) is 3.22. The van der Waals surface area contributed by atoms with E-state index in [1.54, 1.807) is 0 Å². The Morgan fingerprint density at radius 2 is 1.21 bits per heavy atom. The van der Waals surface area contributed by atoms with E-state index in [1.807, 2.05) is 11.3 Å². The molecule has 1 heterocycles. The predicted molar refractivity (Wildman–Crippen MR) is 82.8 cm³/mol. The topological polar surface area (TPSA) is 0 Å². The van der Waals surface area contributed by atoms with Gasteiger partial charge in [-0.05, 0) is 29.5 Å². The standard InChI is InChI=1S/C18H16S/c1-18(17-13-8-14-19-17,15-9-4-2-5-10-15)16-11-6-3-7-12-16/h2-14H,1H3. The van der Waals surface area contributed by atoms with Gasteiger partial charge in [0.1, 0.15) is 0 Å². The predicted octanol–water partition coefficient (Wildman–Crippen LogP) is 5.10. The zero-order valence-corrected chi connectivity index (χ0v) is 11.7. The second-order valence-electron chi connectivity index (χ2n) is 4.83. The number of benzene rings is 2. The van der Waals surface area contributed by atoms with Gasteiger partial charge in [0, 0.05) is 4.88 Å². The van der Waals surface area contributed by atoms with Crippen molar-refractivity contribution in [3.05, 3.63) is 94.2 Å². The zero-order chi connectivity index (χ0) is 13.1. The van der Waals surface area contributed by atoms with Gasteiger partial charge in [0.05, 0.1) is 5.41 Å². The van der Waals surface area contributed by atoms with Crippen LogP contribution in [0, 0.1) is 0 Å². The highest BCUT2D eigenvalue weighted by Gasteiger charge is 2.31. The number of hydrogen-bond acceptors (Lipinski definition) is 1. The van der Waals surface area contributed by atoms with Crippen LogP contribution in [-0.4, -0.2) is 0 Å². The summed E-state index contributed by atoms with van der Waals surface area (Å²) in [5, 5.41) is 2.15. The van der Waals surface area contributed by atoms with Crippen LogP contribution in [0.2, 0.25) is 0 Å². The van der Waals surface area contributed by atoms with E-state index in [2.05, 4.69) is 85.1 Å². The lowest BCUT2D eigenvalue weighted by molar-refractivity contribution is 0.709. The molecule has 0 aliphatic heterocycles. The maximum Gasteiger partial charge on any atom is 0.0516 e. The van der Waals surface area contributed by atoms with Crippen molar-refractivity contribution in [2.24, 2.45) is 0 Å². The van der Waals surface area contributed by atoms with E-state index in [4.69, 9.17) is 0 Å². The molecule has 19 heavy (non-hydrogen) atoms. The molecule has 0 nitrogen and oxygen atoms in total. The molecule has 0 spiro atoms. The Bertz CT molecular complexity index is 584. The van der Waals surface area contributed by atoms with E-state index < -0.39 is 0 Å². The molecule has 0 atom stereocenters. The lowest BCUT2D eigenvalue weighted by Crippen LogP contribution is -2.23. The summed E-state index contributed by atoms with van der Waals surface area (Å²) in [4.78, 5) is 1.38. The molecule has 0 saturated heterocycles. The Hall–Kier alpha value is -1.86. The molecule has 0 aliphatic rings. The van der Waals surface area contributed by atoms with E-state index in [0.717, 1.165) is 0 Å². The maximum absolute atomic E-state index is 2.31. The van der Waals surface area contributed by atoms with Gasteiger partial charge in [0.2, 0.25) is 0 Å². The van der Waals surface area contributed by atoms with Crippen LogP contribution in [0.3, 0.4) is 0 Å². The van der Waals surface area contributed by atoms with Gasteiger partial charge in [-0.3, -0.25) is 0 Å². The molecule has 2 aromatic carbocycles. The molecule has 3 aromatic rings. The molecular formula is C18H16S. The summed E-state index contributed by atoms with van der Waals surface area (Å²) in [6.45, 7) is 2.31. The van der Waals surface area contributed by atoms with Crippen molar-refractivity contribution in [2.75, 3.05) is 0 Å². The minimum atomic E-state index is -0.0727. The van der Waals surface area contributed by atoms with Gasteiger partial charge < -0.3 is 0 Å². The third-order valence-electron chi connectivity index (χ3n) is 3.72. The van der Waals surface area contributed by atoms with Gasteiger partial charge in [-0.25, -0.2) is 0 Å². The van der Waals surface area contributed by atoms with Crippen molar-refractivity contribution < 1.29 is 0 Å². The van der Waals surface area contributed by atoms with E-state index in [1.165, 1.54) is 16.0 Å². The fourth-order valence-corrected chi connectivity index (χ4v) is 3.49. The van der Waals surface area contributed by atoms with Crippen LogP contribution in [0.15, 0.2) is 78.2 Å². The van der Waals surface area contributed by atoms with Crippen LogP contribution in [0.5, 0.6) is 0 Å². The van der Waals surface area contributed by atoms with E-state index in [9.17, 15) is 0 Å². The van der Waals surface area contributed by atoms with Gasteiger partial charge in [0.25, 0.3) is 0 Å². The smallest absolute Gasteiger partial charge is 0.0516 e. The average molecular weight is 264 g/mol. The fraction of sp³-hybridized carbons (Fsp3) is 0.111. The van der Waals surface area contributed by atoms with Crippen molar-refractivity contribution in [3.8, 4) is 0 Å². The van der Waals surface area contributed by atoms with Gasteiger partial charge in [0.15, 0.2) is 0 Å². The van der Waals surface area contributed by atoms with Gasteiger partial charge in [-0.15, -0.1) is 11.3 Å². The molecule has 0 fully saturated rings. The van der Waals surface area contributed by atoms with Crippen molar-refractivity contribution >= 4 is 11.3 Å². The molecule has 0 bridgehead atoms. The minimum Gasteiger partial charge on any atom is -0.148 e. The first-order chi connectivity index (χ1) is 9.32. The number of rotatable bonds is 3. The molecule has 0 unspecified atom stereocenters. The zero-order valence-electron chi connectivity index (χ0n) is 10.9. The van der Waals surface area contributed by atoms with Crippen molar-refractivity contribution in [3.63, 3.8) is 0 Å². The molecular weight excluding hydrogens is 248 g/mol. The largest absolute Gasteiger partial charge is 0.148 e. The van der Waals surface area contributed by atoms with Gasteiger partial charge in [-0.2, -0.15) is 0 Å². The summed E-state index contributed by atoms with van der Waals surface area (Å²) in [7, 11) is 0. The summed E-state index contributed by atoms with van der Waals surface area (Å²) in [5.41, 5.74) is 2.60. The van der Waals surface area contributed by atoms with Crippen LogP contribution in [-0.2, 0) is 5.41 Å². The third kappa shape index (κ3) is 2.11. The molecule has 3 rings (SSSR count). The molecule has 0 amide bonds. The van der Waals surface area contributed by atoms with Crippen LogP contribution in [0.25, 0.3) is 0 Å². The van der Waals surface area contributed by atoms with Crippen molar-refractivity contribution in [1.82, 2.24) is 0 Å². The highest BCUT2D eigenvalue weighted by atomic mass is 32.1. The highest BCUT2D eigenvalue weighted by molar-refractivity contribution is 7.10. The Morgan fingerprint density at radius 3 is 1.63 bits per heavy atom. The van der Waals surface area contributed by atoms with Gasteiger partial charge in [-0.1, -0.05) is 66.7 Å². The van der Waals surface area contributed by atoms with Crippen LogP contribution >= 0.6 is 11.3 Å². The second-order valence-corrected chi connectivity index (χ2v) is 5.78. The lowest BCUT2D eigenvalue weighted by Gasteiger charge is -2.30. The number of thiophene rings is 1. The normalized spacial score (nSPS) is 11.4. The summed E-state index contributed by atoms with van der Waals surface area (Å²) < 4.78 is 0. The third-order valence-corrected chi connectivity index (χ3v) is 4.81. The summed E-state index contributed by atoms with van der Waals surface area (Å²) in [6.07, 6.45) is 0. The first kappa shape index (κ1) is 12.2. The highest BCUT2D eigenvalue weighted by Crippen LogP contribution is 2.40. The molecule has 0 radical (unpaired) electrons. The fourth-order valence-electron chi connectivity index (χ4n) is 2.56. The van der Waals surface area contributed by atoms with E-state index >= 15 is 0 Å².